The highest BCUT2D eigenvalue weighted by molar-refractivity contribution is 5.91. The Labute approximate surface area is 152 Å². The lowest BCUT2D eigenvalue weighted by Gasteiger charge is -2.09. The summed E-state index contributed by atoms with van der Waals surface area (Å²) in [4.78, 5) is 26.6. The van der Waals surface area contributed by atoms with Crippen molar-refractivity contribution in [1.29, 1.82) is 0 Å². The average Bonchev–Trinajstić information content (AvgIpc) is 3.20. The van der Waals surface area contributed by atoms with Crippen molar-refractivity contribution < 1.29 is 14.1 Å². The molecule has 0 saturated heterocycles. The smallest absolute Gasteiger partial charge is 0.358 e. The van der Waals surface area contributed by atoms with Gasteiger partial charge in [0.25, 0.3) is 5.91 Å². The third-order valence-corrected chi connectivity index (χ3v) is 3.85. The van der Waals surface area contributed by atoms with Gasteiger partial charge >= 0.3 is 5.82 Å². The van der Waals surface area contributed by atoms with Crippen LogP contribution in [0.4, 0.5) is 16.2 Å². The van der Waals surface area contributed by atoms with Crippen LogP contribution in [0.3, 0.4) is 0 Å². The first-order valence-corrected chi connectivity index (χ1v) is 7.99. The van der Waals surface area contributed by atoms with Gasteiger partial charge in [0.15, 0.2) is 0 Å². The van der Waals surface area contributed by atoms with Crippen LogP contribution in [0.25, 0.3) is 0 Å². The second kappa shape index (κ2) is 7.32. The minimum Gasteiger partial charge on any atom is -0.358 e. The van der Waals surface area contributed by atoms with E-state index in [1.807, 2.05) is 0 Å². The lowest BCUT2D eigenvalue weighted by molar-refractivity contribution is -0.389. The minimum atomic E-state index is -0.797. The molecule has 0 saturated carbocycles. The fourth-order valence-electron chi connectivity index (χ4n) is 2.53. The number of nitrogens with zero attached hydrogens (tertiary/aromatic N) is 6. The van der Waals surface area contributed by atoms with Crippen molar-refractivity contribution >= 4 is 17.7 Å². The van der Waals surface area contributed by atoms with Crippen molar-refractivity contribution in [2.75, 3.05) is 5.32 Å². The van der Waals surface area contributed by atoms with Crippen LogP contribution in [-0.4, -0.2) is 35.4 Å². The lowest BCUT2D eigenvalue weighted by atomic mass is 10.2. The molecule has 1 N–H and O–H groups in total. The Kier molecular flexibility index (Phi) is 4.92. The van der Waals surface area contributed by atoms with Gasteiger partial charge in [0.2, 0.25) is 5.95 Å². The zero-order valence-electron chi connectivity index (χ0n) is 14.5. The van der Waals surface area contributed by atoms with Crippen LogP contribution >= 0.6 is 0 Å². The molecule has 0 aliphatic heterocycles. The Morgan fingerprint density at radius 2 is 2.15 bits per heavy atom. The van der Waals surface area contributed by atoms with Crippen molar-refractivity contribution in [2.24, 2.45) is 0 Å². The van der Waals surface area contributed by atoms with E-state index < -0.39 is 16.9 Å². The van der Waals surface area contributed by atoms with Gasteiger partial charge in [-0.05, 0) is 36.5 Å². The summed E-state index contributed by atoms with van der Waals surface area (Å²) in [5, 5.41) is 21.3. The van der Waals surface area contributed by atoms with Crippen LogP contribution in [0.2, 0.25) is 0 Å². The van der Waals surface area contributed by atoms with Gasteiger partial charge in [-0.3, -0.25) is 10.1 Å². The van der Waals surface area contributed by atoms with Gasteiger partial charge in [-0.25, -0.2) is 14.1 Å². The van der Waals surface area contributed by atoms with E-state index in [1.54, 1.807) is 26.0 Å². The van der Waals surface area contributed by atoms with Crippen LogP contribution in [-0.2, 0) is 11.3 Å². The number of anilines is 1. The molecule has 0 fully saturated rings. The average molecular weight is 373 g/mol. The Morgan fingerprint density at radius 3 is 2.81 bits per heavy atom. The van der Waals surface area contributed by atoms with Crippen LogP contribution in [0, 0.1) is 22.9 Å². The Morgan fingerprint density at radius 1 is 1.37 bits per heavy atom. The number of amides is 1. The number of carbonyl (C=O) groups is 1. The maximum Gasteiger partial charge on any atom is 0.390 e. The molecule has 0 spiro atoms. The number of hydrogen-bond acceptors (Lipinski definition) is 6. The number of halogens is 1. The molecule has 2 aromatic heterocycles. The molecule has 0 bridgehead atoms. The van der Waals surface area contributed by atoms with Crippen LogP contribution in [0.5, 0.6) is 0 Å². The van der Waals surface area contributed by atoms with Crippen molar-refractivity contribution in [3.63, 3.8) is 0 Å². The van der Waals surface area contributed by atoms with Gasteiger partial charge in [-0.2, -0.15) is 4.68 Å². The zero-order valence-corrected chi connectivity index (χ0v) is 14.5. The van der Waals surface area contributed by atoms with E-state index in [9.17, 15) is 19.3 Å². The van der Waals surface area contributed by atoms with E-state index in [4.69, 9.17) is 0 Å². The molecule has 10 nitrogen and oxygen atoms in total. The van der Waals surface area contributed by atoms with Crippen LogP contribution in [0.15, 0.2) is 36.7 Å². The molecule has 1 unspecified atom stereocenters. The predicted octanol–water partition coefficient (Wildman–Crippen LogP) is 2.08. The summed E-state index contributed by atoms with van der Waals surface area (Å²) in [5.41, 5.74) is 1.18. The third kappa shape index (κ3) is 4.14. The van der Waals surface area contributed by atoms with Crippen molar-refractivity contribution in [1.82, 2.24) is 24.5 Å². The first-order chi connectivity index (χ1) is 12.8. The Bertz CT molecular complexity index is 998. The van der Waals surface area contributed by atoms with Crippen molar-refractivity contribution in [3.05, 3.63) is 63.8 Å². The molecular weight excluding hydrogens is 357 g/mol. The second-order valence-corrected chi connectivity index (χ2v) is 5.91. The highest BCUT2D eigenvalue weighted by Gasteiger charge is 2.25. The molecular formula is C16H16FN7O3. The highest BCUT2D eigenvalue weighted by atomic mass is 19.1. The Hall–Kier alpha value is -3.63. The van der Waals surface area contributed by atoms with Gasteiger partial charge in [0, 0.05) is 0 Å². The summed E-state index contributed by atoms with van der Waals surface area (Å²) < 4.78 is 15.9. The number of hydrogen-bond donors (Lipinski definition) is 1. The monoisotopic (exact) mass is 373 g/mol. The predicted molar refractivity (Wildman–Crippen MR) is 92.5 cm³/mol. The summed E-state index contributed by atoms with van der Waals surface area (Å²) in [6.45, 7) is 3.47. The highest BCUT2D eigenvalue weighted by Crippen LogP contribution is 2.17. The first kappa shape index (κ1) is 18.2. The molecule has 27 heavy (non-hydrogen) atoms. The molecule has 140 valence electrons. The number of carbonyl (C=O) groups excluding carboxylic acids is 1. The summed E-state index contributed by atoms with van der Waals surface area (Å²) >= 11 is 0. The molecule has 0 aliphatic rings. The van der Waals surface area contributed by atoms with E-state index in [-0.39, 0.29) is 17.6 Å². The standard InChI is InChI=1S/C16H16FN7O3/c1-10-6-14(24(26)27)20-23(10)11(2)15(25)19-16-18-9-22(21-16)8-12-4-3-5-13(17)7-12/h3-7,9,11H,8H2,1-2H3,(H,19,21,25). The maximum absolute atomic E-state index is 13.2. The van der Waals surface area contributed by atoms with Gasteiger partial charge in [0.05, 0.1) is 23.4 Å². The molecule has 2 heterocycles. The number of rotatable bonds is 6. The second-order valence-electron chi connectivity index (χ2n) is 5.91. The van der Waals surface area contributed by atoms with Gasteiger partial charge in [-0.15, -0.1) is 5.10 Å². The number of aromatic nitrogens is 5. The van der Waals surface area contributed by atoms with E-state index in [2.05, 4.69) is 20.5 Å². The van der Waals surface area contributed by atoms with Crippen molar-refractivity contribution in [3.8, 4) is 0 Å². The molecule has 11 heteroatoms. The van der Waals surface area contributed by atoms with E-state index >= 15 is 0 Å². The normalized spacial score (nSPS) is 12.0. The van der Waals surface area contributed by atoms with E-state index in [1.165, 1.54) is 33.9 Å². The first-order valence-electron chi connectivity index (χ1n) is 7.99. The summed E-state index contributed by atoms with van der Waals surface area (Å²) in [6, 6.07) is 6.56. The fourth-order valence-corrected chi connectivity index (χ4v) is 2.53. The molecule has 1 atom stereocenters. The van der Waals surface area contributed by atoms with Crippen molar-refractivity contribution in [2.45, 2.75) is 26.4 Å². The van der Waals surface area contributed by atoms with Crippen LogP contribution < -0.4 is 5.32 Å². The third-order valence-electron chi connectivity index (χ3n) is 3.85. The van der Waals surface area contributed by atoms with E-state index in [0.717, 1.165) is 0 Å². The summed E-state index contributed by atoms with van der Waals surface area (Å²) in [6.07, 6.45) is 1.41. The van der Waals surface area contributed by atoms with Gasteiger partial charge in [-0.1, -0.05) is 12.1 Å². The fraction of sp³-hybridized carbons (Fsp3) is 0.250. The van der Waals surface area contributed by atoms with Crippen LogP contribution in [0.1, 0.15) is 24.2 Å². The quantitative estimate of drug-likeness (QED) is 0.522. The number of nitrogens with one attached hydrogen (secondary N) is 1. The molecule has 1 aromatic carbocycles. The maximum atomic E-state index is 13.2. The Balaban J connectivity index is 1.67. The summed E-state index contributed by atoms with van der Waals surface area (Å²) in [5.74, 6) is -1.08. The molecule has 3 rings (SSSR count). The van der Waals surface area contributed by atoms with Gasteiger partial charge < -0.3 is 10.1 Å². The zero-order chi connectivity index (χ0) is 19.6. The number of nitro groups is 1. The number of aryl methyl sites for hydroxylation is 1. The molecule has 3 aromatic rings. The minimum absolute atomic E-state index is 0.0718. The molecule has 0 radical (unpaired) electrons. The largest absolute Gasteiger partial charge is 0.390 e. The summed E-state index contributed by atoms with van der Waals surface area (Å²) in [7, 11) is 0. The topological polar surface area (TPSA) is 121 Å². The lowest BCUT2D eigenvalue weighted by Crippen LogP contribution is -2.25. The SMILES string of the molecule is Cc1cc([N+](=O)[O-])nn1C(C)C(=O)Nc1ncn(Cc2cccc(F)c2)n1. The van der Waals surface area contributed by atoms with E-state index in [0.29, 0.717) is 17.8 Å². The van der Waals surface area contributed by atoms with Gasteiger partial charge in [0.1, 0.15) is 18.2 Å². The number of benzene rings is 1. The molecule has 1 amide bonds. The molecule has 0 aliphatic carbocycles.